The summed E-state index contributed by atoms with van der Waals surface area (Å²) in [5.74, 6) is -0.697. The molecule has 1 fully saturated rings. The van der Waals surface area contributed by atoms with E-state index in [9.17, 15) is 40.5 Å². The molecule has 1 amide bonds. The first-order valence-electron chi connectivity index (χ1n) is 29.6. The number of hydrogen-bond donors (Lipinski definition) is 8. The van der Waals surface area contributed by atoms with Crippen LogP contribution in [0.4, 0.5) is 0 Å². The minimum Gasteiger partial charge on any atom is -0.394 e. The molecule has 0 aliphatic carbocycles. The number of rotatable bonds is 51. The van der Waals surface area contributed by atoms with Crippen molar-refractivity contribution in [3.8, 4) is 0 Å². The quantitative estimate of drug-likeness (QED) is 0.0215. The lowest BCUT2D eigenvalue weighted by Gasteiger charge is -2.40. The van der Waals surface area contributed by atoms with E-state index in [1.54, 1.807) is 0 Å². The predicted octanol–water partition coefficient (Wildman–Crippen LogP) is 12.4. The van der Waals surface area contributed by atoms with Crippen molar-refractivity contribution in [3.05, 3.63) is 12.2 Å². The van der Waals surface area contributed by atoms with E-state index in [0.29, 0.717) is 19.3 Å². The summed E-state index contributed by atoms with van der Waals surface area (Å²) in [7, 11) is 0. The number of ether oxygens (including phenoxy) is 2. The molecule has 1 aliphatic rings. The molecule has 0 radical (unpaired) electrons. The number of amides is 1. The third-order valence-corrected chi connectivity index (χ3v) is 14.6. The Labute approximate surface area is 423 Å². The number of allylic oxidation sites excluding steroid dienone is 2. The average Bonchev–Trinajstić information content (AvgIpc) is 3.35. The molecule has 1 saturated heterocycles. The molecular weight excluding hydrogens is 871 g/mol. The molecule has 69 heavy (non-hydrogen) atoms. The number of aliphatic hydroxyl groups is 7. The van der Waals surface area contributed by atoms with Gasteiger partial charge in [-0.25, -0.2) is 0 Å². The van der Waals surface area contributed by atoms with Gasteiger partial charge in [0.25, 0.3) is 0 Å². The molecule has 1 heterocycles. The van der Waals surface area contributed by atoms with Crippen molar-refractivity contribution in [1.29, 1.82) is 0 Å². The maximum atomic E-state index is 13.1. The number of aliphatic hydroxyl groups excluding tert-OH is 7. The van der Waals surface area contributed by atoms with Gasteiger partial charge in [0.15, 0.2) is 6.29 Å². The number of hydrogen-bond acceptors (Lipinski definition) is 10. The topological polar surface area (TPSA) is 189 Å². The molecule has 9 unspecified atom stereocenters. The first-order valence-corrected chi connectivity index (χ1v) is 29.6. The Bertz CT molecular complexity index is 1130. The Kier molecular flexibility index (Phi) is 45.7. The second-order valence-electron chi connectivity index (χ2n) is 21.1. The van der Waals surface area contributed by atoms with Crippen LogP contribution in [0.1, 0.15) is 284 Å². The summed E-state index contributed by atoms with van der Waals surface area (Å²) in [5, 5.41) is 75.4. The molecule has 11 heteroatoms. The third-order valence-electron chi connectivity index (χ3n) is 14.6. The van der Waals surface area contributed by atoms with Gasteiger partial charge in [0.1, 0.15) is 36.6 Å². The van der Waals surface area contributed by atoms with Crippen LogP contribution >= 0.6 is 0 Å². The number of nitrogens with one attached hydrogen (secondary N) is 1. The lowest BCUT2D eigenvalue weighted by molar-refractivity contribution is -0.303. The zero-order valence-electron chi connectivity index (χ0n) is 44.8. The second kappa shape index (κ2) is 47.8. The van der Waals surface area contributed by atoms with E-state index in [0.717, 1.165) is 51.4 Å². The van der Waals surface area contributed by atoms with Gasteiger partial charge < -0.3 is 50.5 Å². The summed E-state index contributed by atoms with van der Waals surface area (Å²) in [4.78, 5) is 13.1. The first-order chi connectivity index (χ1) is 33.7. The maximum Gasteiger partial charge on any atom is 0.249 e. The summed E-state index contributed by atoms with van der Waals surface area (Å²) in [6, 6.07) is -1.16. The van der Waals surface area contributed by atoms with Gasteiger partial charge in [0.2, 0.25) is 5.91 Å². The first kappa shape index (κ1) is 65.9. The van der Waals surface area contributed by atoms with Crippen LogP contribution in [0.2, 0.25) is 0 Å². The summed E-state index contributed by atoms with van der Waals surface area (Å²) in [5.41, 5.74) is 0. The SMILES string of the molecule is CCCCCCCCCCCCCCCCCC/C=C\CCCCCCCCCCCCCCCCCCC(O)C(=O)NC(COC1OC(CO)C(O)C(O)C1O)C(O)C(O)CCCCCCCC. The predicted molar refractivity (Wildman–Crippen MR) is 284 cm³/mol. The molecule has 410 valence electrons. The van der Waals surface area contributed by atoms with Crippen molar-refractivity contribution >= 4 is 5.91 Å². The number of carbonyl (C=O) groups is 1. The van der Waals surface area contributed by atoms with Gasteiger partial charge in [-0.1, -0.05) is 257 Å². The van der Waals surface area contributed by atoms with Gasteiger partial charge in [0.05, 0.1) is 25.4 Å². The van der Waals surface area contributed by atoms with Gasteiger partial charge >= 0.3 is 0 Å². The third kappa shape index (κ3) is 36.4. The molecular formula is C58H113NO10. The Hall–Kier alpha value is -1.15. The molecule has 0 bridgehead atoms. The van der Waals surface area contributed by atoms with Crippen LogP contribution < -0.4 is 5.32 Å². The van der Waals surface area contributed by atoms with Gasteiger partial charge in [-0.15, -0.1) is 0 Å². The fraction of sp³-hybridized carbons (Fsp3) is 0.948. The van der Waals surface area contributed by atoms with Crippen molar-refractivity contribution in [1.82, 2.24) is 5.32 Å². The van der Waals surface area contributed by atoms with Gasteiger partial charge in [-0.2, -0.15) is 0 Å². The van der Waals surface area contributed by atoms with E-state index in [1.807, 2.05) is 0 Å². The minimum absolute atomic E-state index is 0.263. The molecule has 9 atom stereocenters. The molecule has 8 N–H and O–H groups in total. The van der Waals surface area contributed by atoms with Crippen LogP contribution in [0.15, 0.2) is 12.2 Å². The van der Waals surface area contributed by atoms with Crippen LogP contribution in [0, 0.1) is 0 Å². The molecule has 0 aromatic heterocycles. The highest BCUT2D eigenvalue weighted by Gasteiger charge is 2.44. The maximum absolute atomic E-state index is 13.1. The van der Waals surface area contributed by atoms with Crippen LogP contribution in [0.25, 0.3) is 0 Å². The Balaban J connectivity index is 2.04. The molecule has 11 nitrogen and oxygen atoms in total. The largest absolute Gasteiger partial charge is 0.394 e. The summed E-state index contributed by atoms with van der Waals surface area (Å²) >= 11 is 0. The molecule has 0 spiro atoms. The highest BCUT2D eigenvalue weighted by Crippen LogP contribution is 2.23. The Morgan fingerprint density at radius 3 is 1.22 bits per heavy atom. The van der Waals surface area contributed by atoms with E-state index in [-0.39, 0.29) is 6.42 Å². The summed E-state index contributed by atoms with van der Waals surface area (Å²) in [6.07, 6.45) is 45.1. The standard InChI is InChI=1S/C58H113NO10/c1-3-5-7-9-11-12-13-14-15-16-17-18-19-20-21-22-23-24-25-26-27-28-29-30-31-32-33-34-35-36-37-38-39-40-42-44-46-51(62)57(67)59-49(53(63)50(61)45-43-41-10-8-6-4-2)48-68-58-56(66)55(65)54(64)52(47-60)69-58/h24-25,49-56,58,60-66H,3-23,26-48H2,1-2H3,(H,59,67)/b25-24-. The van der Waals surface area contributed by atoms with E-state index in [2.05, 4.69) is 31.3 Å². The molecule has 1 rings (SSSR count). The number of unbranched alkanes of at least 4 members (excludes halogenated alkanes) is 37. The fourth-order valence-electron chi connectivity index (χ4n) is 9.73. The van der Waals surface area contributed by atoms with E-state index < -0.39 is 74.2 Å². The monoisotopic (exact) mass is 984 g/mol. The zero-order chi connectivity index (χ0) is 50.4. The average molecular weight is 985 g/mol. The molecule has 0 aromatic carbocycles. The highest BCUT2D eigenvalue weighted by atomic mass is 16.7. The van der Waals surface area contributed by atoms with E-state index in [4.69, 9.17) is 9.47 Å². The summed E-state index contributed by atoms with van der Waals surface area (Å²) in [6.45, 7) is 3.38. The van der Waals surface area contributed by atoms with Crippen molar-refractivity contribution in [3.63, 3.8) is 0 Å². The highest BCUT2D eigenvalue weighted by molar-refractivity contribution is 5.80. The number of carbonyl (C=O) groups excluding carboxylic acids is 1. The van der Waals surface area contributed by atoms with Crippen molar-refractivity contribution in [2.45, 2.75) is 339 Å². The lowest BCUT2D eigenvalue weighted by atomic mass is 9.98. The van der Waals surface area contributed by atoms with Crippen LogP contribution in [0.5, 0.6) is 0 Å². The van der Waals surface area contributed by atoms with E-state index >= 15 is 0 Å². The van der Waals surface area contributed by atoms with Crippen molar-refractivity contribution in [2.75, 3.05) is 13.2 Å². The Morgan fingerprint density at radius 2 is 0.841 bits per heavy atom. The molecule has 0 saturated carbocycles. The minimum atomic E-state index is -1.66. The Morgan fingerprint density at radius 1 is 0.493 bits per heavy atom. The van der Waals surface area contributed by atoms with Crippen molar-refractivity contribution in [2.24, 2.45) is 0 Å². The lowest BCUT2D eigenvalue weighted by Crippen LogP contribution is -2.60. The van der Waals surface area contributed by atoms with Crippen molar-refractivity contribution < 1.29 is 50.0 Å². The van der Waals surface area contributed by atoms with Gasteiger partial charge in [0, 0.05) is 0 Å². The second-order valence-corrected chi connectivity index (χ2v) is 21.1. The smallest absolute Gasteiger partial charge is 0.249 e. The van der Waals surface area contributed by atoms with Gasteiger partial charge in [-0.05, 0) is 38.5 Å². The normalized spacial score (nSPS) is 20.4. The van der Waals surface area contributed by atoms with E-state index in [1.165, 1.54) is 193 Å². The van der Waals surface area contributed by atoms with Crippen LogP contribution in [0.3, 0.4) is 0 Å². The van der Waals surface area contributed by atoms with Crippen LogP contribution in [-0.4, -0.2) is 110 Å². The van der Waals surface area contributed by atoms with Gasteiger partial charge in [-0.3, -0.25) is 4.79 Å². The van der Waals surface area contributed by atoms with Crippen LogP contribution in [-0.2, 0) is 14.3 Å². The molecule has 1 aliphatic heterocycles. The summed E-state index contributed by atoms with van der Waals surface area (Å²) < 4.78 is 11.1. The fourth-order valence-corrected chi connectivity index (χ4v) is 9.73. The zero-order valence-corrected chi connectivity index (χ0v) is 44.8. The molecule has 0 aromatic rings.